The summed E-state index contributed by atoms with van der Waals surface area (Å²) in [6.07, 6.45) is 3.32. The number of aromatic nitrogens is 1. The highest BCUT2D eigenvalue weighted by Gasteiger charge is 2.30. The average Bonchev–Trinajstić information content (AvgIpc) is 3.12. The van der Waals surface area contributed by atoms with Crippen LogP contribution in [0, 0.1) is 0 Å². The first-order chi connectivity index (χ1) is 12.9. The third-order valence-electron chi connectivity index (χ3n) is 5.53. The molecule has 0 fully saturated rings. The molecule has 0 saturated carbocycles. The number of rotatable bonds is 3. The SMILES string of the molecule is c1ccc(CN2CCc3ccccc3C2c2c[nH]c3ccccc23)cc1. The number of hydrogen-bond donors (Lipinski definition) is 1. The molecular weight excluding hydrogens is 316 g/mol. The molecule has 5 rings (SSSR count). The average molecular weight is 338 g/mol. The highest BCUT2D eigenvalue weighted by atomic mass is 15.2. The first-order valence-electron chi connectivity index (χ1n) is 9.32. The summed E-state index contributed by atoms with van der Waals surface area (Å²) in [5.74, 6) is 0. The van der Waals surface area contributed by atoms with Crippen LogP contribution in [0.25, 0.3) is 10.9 Å². The molecule has 1 unspecified atom stereocenters. The molecule has 0 amide bonds. The Balaban J connectivity index is 1.63. The zero-order valence-corrected chi connectivity index (χ0v) is 14.7. The molecule has 0 saturated heterocycles. The van der Waals surface area contributed by atoms with Crippen LogP contribution in [0.5, 0.6) is 0 Å². The molecule has 4 aromatic rings. The van der Waals surface area contributed by atoms with Gasteiger partial charge >= 0.3 is 0 Å². The van der Waals surface area contributed by atoms with E-state index in [2.05, 4.69) is 94.9 Å². The Morgan fingerprint density at radius 2 is 1.58 bits per heavy atom. The van der Waals surface area contributed by atoms with E-state index >= 15 is 0 Å². The molecule has 1 atom stereocenters. The first kappa shape index (κ1) is 15.4. The highest BCUT2D eigenvalue weighted by Crippen LogP contribution is 2.39. The molecule has 1 aliphatic heterocycles. The zero-order valence-electron chi connectivity index (χ0n) is 14.7. The van der Waals surface area contributed by atoms with E-state index in [-0.39, 0.29) is 6.04 Å². The van der Waals surface area contributed by atoms with Crippen LogP contribution in [0.2, 0.25) is 0 Å². The molecule has 2 nitrogen and oxygen atoms in total. The van der Waals surface area contributed by atoms with Gasteiger partial charge in [0.2, 0.25) is 0 Å². The normalized spacial score (nSPS) is 17.3. The fourth-order valence-electron chi connectivity index (χ4n) is 4.29. The molecule has 2 heteroatoms. The molecule has 3 aromatic carbocycles. The van der Waals surface area contributed by atoms with Crippen LogP contribution < -0.4 is 0 Å². The van der Waals surface area contributed by atoms with Crippen molar-refractivity contribution in [1.29, 1.82) is 0 Å². The predicted octanol–water partition coefficient (Wildman–Crippen LogP) is 5.32. The maximum absolute atomic E-state index is 3.47. The number of aromatic amines is 1. The standard InChI is InChI=1S/C24H22N2/c1-2-8-18(9-3-1)17-26-15-14-19-10-4-5-11-20(19)24(26)22-16-25-23-13-7-6-12-21(22)23/h1-13,16,24-25H,14-15,17H2. The molecule has 0 spiro atoms. The lowest BCUT2D eigenvalue weighted by Crippen LogP contribution is -2.35. The van der Waals surface area contributed by atoms with E-state index in [1.807, 2.05) is 0 Å². The Morgan fingerprint density at radius 3 is 2.50 bits per heavy atom. The predicted molar refractivity (Wildman–Crippen MR) is 107 cm³/mol. The van der Waals surface area contributed by atoms with Gasteiger partial charge in [0.15, 0.2) is 0 Å². The number of H-pyrrole nitrogens is 1. The monoisotopic (exact) mass is 338 g/mol. The van der Waals surface area contributed by atoms with Gasteiger partial charge in [-0.05, 0) is 34.7 Å². The largest absolute Gasteiger partial charge is 0.361 e. The molecule has 0 aliphatic carbocycles. The summed E-state index contributed by atoms with van der Waals surface area (Å²) in [5, 5.41) is 1.33. The molecule has 2 heterocycles. The van der Waals surface area contributed by atoms with Gasteiger partial charge in [0.1, 0.15) is 0 Å². The van der Waals surface area contributed by atoms with Crippen LogP contribution in [-0.4, -0.2) is 16.4 Å². The molecular formula is C24H22N2. The lowest BCUT2D eigenvalue weighted by molar-refractivity contribution is 0.205. The summed E-state index contributed by atoms with van der Waals surface area (Å²) < 4.78 is 0. The van der Waals surface area contributed by atoms with Gasteiger partial charge in [-0.25, -0.2) is 0 Å². The van der Waals surface area contributed by atoms with E-state index in [1.165, 1.54) is 33.2 Å². The first-order valence-corrected chi connectivity index (χ1v) is 9.32. The van der Waals surface area contributed by atoms with Gasteiger partial charge < -0.3 is 4.98 Å². The minimum absolute atomic E-state index is 0.288. The van der Waals surface area contributed by atoms with Gasteiger partial charge in [0, 0.05) is 30.2 Å². The fraction of sp³-hybridized carbons (Fsp3) is 0.167. The quantitative estimate of drug-likeness (QED) is 0.536. The minimum atomic E-state index is 0.288. The summed E-state index contributed by atoms with van der Waals surface area (Å²) in [6.45, 7) is 2.05. The summed E-state index contributed by atoms with van der Waals surface area (Å²) in [5.41, 5.74) is 6.89. The second-order valence-corrected chi connectivity index (χ2v) is 7.10. The number of nitrogens with one attached hydrogen (secondary N) is 1. The van der Waals surface area contributed by atoms with Crippen LogP contribution >= 0.6 is 0 Å². The van der Waals surface area contributed by atoms with E-state index in [4.69, 9.17) is 0 Å². The summed E-state index contributed by atoms with van der Waals surface area (Å²) >= 11 is 0. The Morgan fingerprint density at radius 1 is 0.808 bits per heavy atom. The molecule has 128 valence electrons. The number of fused-ring (bicyclic) bond motifs is 2. The Bertz CT molecular complexity index is 1030. The number of para-hydroxylation sites is 1. The molecule has 1 aliphatic rings. The van der Waals surface area contributed by atoms with E-state index in [9.17, 15) is 0 Å². The summed E-state index contributed by atoms with van der Waals surface area (Å²) in [4.78, 5) is 6.09. The van der Waals surface area contributed by atoms with Gasteiger partial charge in [-0.2, -0.15) is 0 Å². The number of benzene rings is 3. The van der Waals surface area contributed by atoms with Crippen molar-refractivity contribution in [2.24, 2.45) is 0 Å². The van der Waals surface area contributed by atoms with Crippen molar-refractivity contribution < 1.29 is 0 Å². The van der Waals surface area contributed by atoms with Gasteiger partial charge in [0.05, 0.1) is 6.04 Å². The number of nitrogens with zero attached hydrogens (tertiary/aromatic N) is 1. The van der Waals surface area contributed by atoms with Crippen molar-refractivity contribution in [1.82, 2.24) is 9.88 Å². The Kier molecular flexibility index (Phi) is 3.84. The van der Waals surface area contributed by atoms with Crippen molar-refractivity contribution in [3.8, 4) is 0 Å². The van der Waals surface area contributed by atoms with Crippen molar-refractivity contribution in [2.45, 2.75) is 19.0 Å². The molecule has 0 radical (unpaired) electrons. The second kappa shape index (κ2) is 6.47. The Hall–Kier alpha value is -2.84. The minimum Gasteiger partial charge on any atom is -0.361 e. The summed E-state index contributed by atoms with van der Waals surface area (Å²) in [7, 11) is 0. The van der Waals surface area contributed by atoms with Crippen molar-refractivity contribution in [3.05, 3.63) is 107 Å². The number of hydrogen-bond acceptors (Lipinski definition) is 1. The van der Waals surface area contributed by atoms with Crippen LogP contribution in [-0.2, 0) is 13.0 Å². The van der Waals surface area contributed by atoms with Crippen LogP contribution in [0.4, 0.5) is 0 Å². The van der Waals surface area contributed by atoms with E-state index in [1.54, 1.807) is 0 Å². The third kappa shape index (κ3) is 2.63. The van der Waals surface area contributed by atoms with Crippen molar-refractivity contribution in [2.75, 3.05) is 6.54 Å². The van der Waals surface area contributed by atoms with Crippen LogP contribution in [0.1, 0.15) is 28.3 Å². The fourth-order valence-corrected chi connectivity index (χ4v) is 4.29. The van der Waals surface area contributed by atoms with Crippen molar-refractivity contribution >= 4 is 10.9 Å². The van der Waals surface area contributed by atoms with E-state index < -0.39 is 0 Å². The van der Waals surface area contributed by atoms with Crippen LogP contribution in [0.3, 0.4) is 0 Å². The smallest absolute Gasteiger partial charge is 0.0628 e. The molecule has 26 heavy (non-hydrogen) atoms. The van der Waals surface area contributed by atoms with E-state index in [0.717, 1.165) is 19.5 Å². The molecule has 1 N–H and O–H groups in total. The topological polar surface area (TPSA) is 19.0 Å². The molecule has 0 bridgehead atoms. The summed E-state index contributed by atoms with van der Waals surface area (Å²) in [6, 6.07) is 28.7. The van der Waals surface area contributed by atoms with Gasteiger partial charge in [0.25, 0.3) is 0 Å². The highest BCUT2D eigenvalue weighted by molar-refractivity contribution is 5.84. The van der Waals surface area contributed by atoms with Gasteiger partial charge in [-0.3, -0.25) is 4.90 Å². The van der Waals surface area contributed by atoms with Gasteiger partial charge in [-0.15, -0.1) is 0 Å². The lowest BCUT2D eigenvalue weighted by Gasteiger charge is -2.37. The van der Waals surface area contributed by atoms with E-state index in [0.29, 0.717) is 0 Å². The molecule has 1 aromatic heterocycles. The third-order valence-corrected chi connectivity index (χ3v) is 5.53. The Labute approximate surface area is 154 Å². The maximum Gasteiger partial charge on any atom is 0.0628 e. The maximum atomic E-state index is 3.47. The lowest BCUT2D eigenvalue weighted by atomic mass is 9.87. The van der Waals surface area contributed by atoms with Gasteiger partial charge in [-0.1, -0.05) is 72.8 Å². The van der Waals surface area contributed by atoms with Crippen LogP contribution in [0.15, 0.2) is 85.1 Å². The second-order valence-electron chi connectivity index (χ2n) is 7.10. The van der Waals surface area contributed by atoms with Crippen molar-refractivity contribution in [3.63, 3.8) is 0 Å². The zero-order chi connectivity index (χ0) is 17.3.